The predicted molar refractivity (Wildman–Crippen MR) is 90.5 cm³/mol. The highest BCUT2D eigenvalue weighted by molar-refractivity contribution is 7.09. The lowest BCUT2D eigenvalue weighted by atomic mass is 10.1. The second kappa shape index (κ2) is 8.34. The van der Waals surface area contributed by atoms with Crippen LogP contribution in [0.3, 0.4) is 0 Å². The highest BCUT2D eigenvalue weighted by Crippen LogP contribution is 2.29. The van der Waals surface area contributed by atoms with E-state index in [-0.39, 0.29) is 6.54 Å². The molecule has 130 valence electrons. The summed E-state index contributed by atoms with van der Waals surface area (Å²) < 4.78 is 37.5. The van der Waals surface area contributed by atoms with Crippen LogP contribution < -0.4 is 10.6 Å². The van der Waals surface area contributed by atoms with Crippen molar-refractivity contribution in [3.63, 3.8) is 0 Å². The molecule has 0 saturated carbocycles. The van der Waals surface area contributed by atoms with Crippen LogP contribution >= 0.6 is 22.9 Å². The summed E-state index contributed by atoms with van der Waals surface area (Å²) in [6, 6.07) is 7.54. The van der Waals surface area contributed by atoms with Gasteiger partial charge in [-0.15, -0.1) is 11.3 Å². The van der Waals surface area contributed by atoms with Gasteiger partial charge in [-0.1, -0.05) is 29.8 Å². The normalized spacial score (nSPS) is 12.3. The van der Waals surface area contributed by atoms with Crippen LogP contribution in [0.5, 0.6) is 0 Å². The minimum Gasteiger partial charge on any atom is -0.356 e. The molecule has 0 unspecified atom stereocenters. The summed E-state index contributed by atoms with van der Waals surface area (Å²) in [5.41, 5.74) is 0.142. The summed E-state index contributed by atoms with van der Waals surface area (Å²) in [6.45, 7) is 0.765. The minimum absolute atomic E-state index is 0.173. The van der Waals surface area contributed by atoms with Gasteiger partial charge in [0.15, 0.2) is 11.7 Å². The van der Waals surface area contributed by atoms with Crippen LogP contribution in [-0.2, 0) is 19.1 Å². The number of hydrogen-bond donors (Lipinski definition) is 2. The Morgan fingerprint density at radius 2 is 2.04 bits per heavy atom. The van der Waals surface area contributed by atoms with Crippen LogP contribution in [0.1, 0.15) is 16.3 Å². The molecular weight excluding hydrogens is 361 g/mol. The topological polar surface area (TPSA) is 49.3 Å². The van der Waals surface area contributed by atoms with Gasteiger partial charge in [-0.05, 0) is 18.1 Å². The van der Waals surface area contributed by atoms with Gasteiger partial charge in [0.1, 0.15) is 5.01 Å². The molecule has 1 aromatic heterocycles. The number of benzene rings is 1. The second-order valence-corrected chi connectivity index (χ2v) is 6.17. The molecular formula is C15H16ClF3N4S. The Morgan fingerprint density at radius 1 is 1.29 bits per heavy atom. The van der Waals surface area contributed by atoms with Crippen molar-refractivity contribution in [3.8, 4) is 0 Å². The highest BCUT2D eigenvalue weighted by Gasteiger charge is 2.33. The van der Waals surface area contributed by atoms with Crippen molar-refractivity contribution >= 4 is 28.9 Å². The second-order valence-electron chi connectivity index (χ2n) is 4.82. The largest absolute Gasteiger partial charge is 0.434 e. The van der Waals surface area contributed by atoms with Crippen molar-refractivity contribution in [2.75, 3.05) is 13.6 Å². The van der Waals surface area contributed by atoms with Gasteiger partial charge in [-0.3, -0.25) is 4.99 Å². The molecule has 0 spiro atoms. The quantitative estimate of drug-likeness (QED) is 0.617. The lowest BCUT2D eigenvalue weighted by molar-refractivity contribution is -0.140. The van der Waals surface area contributed by atoms with Crippen LogP contribution in [-0.4, -0.2) is 24.5 Å². The Kier molecular flexibility index (Phi) is 6.44. The van der Waals surface area contributed by atoms with Crippen LogP contribution in [0.15, 0.2) is 34.6 Å². The molecule has 0 aliphatic heterocycles. The van der Waals surface area contributed by atoms with Gasteiger partial charge in [0, 0.05) is 24.0 Å². The highest BCUT2D eigenvalue weighted by atomic mass is 35.5. The fourth-order valence-electron chi connectivity index (χ4n) is 1.92. The lowest BCUT2D eigenvalue weighted by Gasteiger charge is -2.11. The number of aliphatic imine (C=N–C) groups is 1. The zero-order valence-corrected chi connectivity index (χ0v) is 14.4. The van der Waals surface area contributed by atoms with Gasteiger partial charge in [-0.25, -0.2) is 4.98 Å². The van der Waals surface area contributed by atoms with Crippen LogP contribution in [0.4, 0.5) is 13.2 Å². The van der Waals surface area contributed by atoms with Crippen LogP contribution in [0, 0.1) is 0 Å². The van der Waals surface area contributed by atoms with Crippen LogP contribution in [0.25, 0.3) is 0 Å². The molecule has 0 fully saturated rings. The number of hydrogen-bond acceptors (Lipinski definition) is 3. The predicted octanol–water partition coefficient (Wildman–Crippen LogP) is 3.72. The molecule has 0 aliphatic carbocycles. The van der Waals surface area contributed by atoms with Gasteiger partial charge in [-0.2, -0.15) is 13.2 Å². The standard InChI is InChI=1S/C15H16ClF3N4S/c1-20-14(21-7-6-10-4-2-3-5-11(10)16)22-8-13-23-12(9-24-13)15(17,18)19/h2-5,9H,6-8H2,1H3,(H2,20,21,22). The van der Waals surface area contributed by atoms with E-state index in [2.05, 4.69) is 20.6 Å². The van der Waals surface area contributed by atoms with E-state index in [1.54, 1.807) is 7.05 Å². The fourth-order valence-corrected chi connectivity index (χ4v) is 2.89. The Hall–Kier alpha value is -1.80. The Balaban J connectivity index is 1.80. The molecule has 2 N–H and O–H groups in total. The molecule has 0 amide bonds. The Morgan fingerprint density at radius 3 is 2.67 bits per heavy atom. The van der Waals surface area contributed by atoms with E-state index in [9.17, 15) is 13.2 Å². The number of nitrogens with one attached hydrogen (secondary N) is 2. The summed E-state index contributed by atoms with van der Waals surface area (Å²) >= 11 is 7.04. The van der Waals surface area contributed by atoms with E-state index in [4.69, 9.17) is 11.6 Å². The number of nitrogens with zero attached hydrogens (tertiary/aromatic N) is 2. The molecule has 24 heavy (non-hydrogen) atoms. The van der Waals surface area contributed by atoms with Crippen molar-refractivity contribution < 1.29 is 13.2 Å². The number of thiazole rings is 1. The lowest BCUT2D eigenvalue weighted by Crippen LogP contribution is -2.37. The van der Waals surface area contributed by atoms with Crippen molar-refractivity contribution in [2.24, 2.45) is 4.99 Å². The van der Waals surface area contributed by atoms with Crippen LogP contribution in [0.2, 0.25) is 5.02 Å². The average Bonchev–Trinajstić information content (AvgIpc) is 3.01. The maximum absolute atomic E-state index is 12.5. The third-order valence-corrected chi connectivity index (χ3v) is 4.34. The number of alkyl halides is 3. The number of halogens is 4. The van der Waals surface area contributed by atoms with E-state index in [0.29, 0.717) is 29.0 Å². The third-order valence-electron chi connectivity index (χ3n) is 3.12. The first-order valence-electron chi connectivity index (χ1n) is 7.09. The average molecular weight is 377 g/mol. The van der Waals surface area contributed by atoms with Gasteiger partial charge in [0.25, 0.3) is 0 Å². The molecule has 0 aliphatic rings. The van der Waals surface area contributed by atoms with E-state index in [1.165, 1.54) is 0 Å². The molecule has 1 heterocycles. The molecule has 0 atom stereocenters. The molecule has 9 heteroatoms. The molecule has 2 rings (SSSR count). The maximum atomic E-state index is 12.5. The van der Waals surface area contributed by atoms with Gasteiger partial charge in [0.05, 0.1) is 6.54 Å². The molecule has 0 radical (unpaired) electrons. The van der Waals surface area contributed by atoms with Crippen molar-refractivity contribution in [1.82, 2.24) is 15.6 Å². The van der Waals surface area contributed by atoms with Gasteiger partial charge in [0.2, 0.25) is 0 Å². The first-order valence-corrected chi connectivity index (χ1v) is 8.35. The summed E-state index contributed by atoms with van der Waals surface area (Å²) in [5.74, 6) is 0.491. The Labute approximate surface area is 146 Å². The zero-order valence-electron chi connectivity index (χ0n) is 12.8. The summed E-state index contributed by atoms with van der Waals surface area (Å²) in [7, 11) is 1.59. The molecule has 1 aromatic carbocycles. The monoisotopic (exact) mass is 376 g/mol. The van der Waals surface area contributed by atoms with Crippen molar-refractivity contribution in [3.05, 3.63) is 50.9 Å². The smallest absolute Gasteiger partial charge is 0.356 e. The zero-order chi connectivity index (χ0) is 17.6. The molecule has 4 nitrogen and oxygen atoms in total. The summed E-state index contributed by atoms with van der Waals surface area (Å²) in [4.78, 5) is 7.59. The molecule has 2 aromatic rings. The van der Waals surface area contributed by atoms with Crippen molar-refractivity contribution in [1.29, 1.82) is 0 Å². The number of rotatable bonds is 5. The Bertz CT molecular complexity index is 700. The third kappa shape index (κ3) is 5.38. The van der Waals surface area contributed by atoms with E-state index in [0.717, 1.165) is 22.3 Å². The SMILES string of the molecule is CN=C(NCCc1ccccc1Cl)NCc1nc(C(F)(F)F)cs1. The number of guanidine groups is 1. The first-order chi connectivity index (χ1) is 11.4. The van der Waals surface area contributed by atoms with E-state index >= 15 is 0 Å². The minimum atomic E-state index is -4.41. The van der Waals surface area contributed by atoms with Gasteiger partial charge >= 0.3 is 6.18 Å². The van der Waals surface area contributed by atoms with Crippen molar-refractivity contribution in [2.45, 2.75) is 19.1 Å². The summed E-state index contributed by atoms with van der Waals surface area (Å²) in [6.07, 6.45) is -3.71. The number of aromatic nitrogens is 1. The summed E-state index contributed by atoms with van der Waals surface area (Å²) in [5, 5.41) is 8.07. The molecule has 0 saturated heterocycles. The van der Waals surface area contributed by atoms with E-state index in [1.807, 2.05) is 24.3 Å². The first kappa shape index (κ1) is 18.5. The maximum Gasteiger partial charge on any atom is 0.434 e. The molecule has 0 bridgehead atoms. The van der Waals surface area contributed by atoms with Gasteiger partial charge < -0.3 is 10.6 Å². The van der Waals surface area contributed by atoms with E-state index < -0.39 is 11.9 Å². The fraction of sp³-hybridized carbons (Fsp3) is 0.333.